The van der Waals surface area contributed by atoms with Gasteiger partial charge in [0, 0.05) is 0 Å². The first-order chi connectivity index (χ1) is 1.41. The van der Waals surface area contributed by atoms with E-state index in [0.29, 0.717) is 0 Å². The average Bonchev–Trinajstić information content (AvgIpc) is 0.918. The molecule has 0 saturated heterocycles. The second-order valence-corrected chi connectivity index (χ2v) is 2.77. The van der Waals surface area contributed by atoms with Crippen molar-refractivity contribution in [2.24, 2.45) is 0 Å². The molecule has 0 fully saturated rings. The molecule has 0 amide bonds. The van der Waals surface area contributed by atoms with Gasteiger partial charge >= 0.3 is 34.9 Å². The molecule has 0 aliphatic carbocycles. The van der Waals surface area contributed by atoms with Gasteiger partial charge in [-0.1, -0.05) is 37.1 Å². The molecule has 0 rings (SSSR count). The van der Waals surface area contributed by atoms with E-state index in [-0.39, 0.29) is 37.1 Å². The molecule has 0 aromatic rings. The van der Waals surface area contributed by atoms with Gasteiger partial charge in [0.2, 0.25) is 0 Å². The monoisotopic (exact) mass is 195 g/mol. The van der Waals surface area contributed by atoms with Crippen LogP contribution in [0.25, 0.3) is 0 Å². The molecule has 0 nitrogen and oxygen atoms in total. The average molecular weight is 195 g/mol. The summed E-state index contributed by atoms with van der Waals surface area (Å²) in [6.45, 7) is 0. The summed E-state index contributed by atoms with van der Waals surface area (Å²) >= 11 is 6.48. The molecule has 8 heavy (non-hydrogen) atoms. The van der Waals surface area contributed by atoms with Crippen LogP contribution in [0.15, 0.2) is 0 Å². The Hall–Kier alpha value is 1.02. The van der Waals surface area contributed by atoms with Crippen LogP contribution in [0.4, 0.5) is 0 Å². The van der Waals surface area contributed by atoms with E-state index >= 15 is 0 Å². The van der Waals surface area contributed by atoms with Gasteiger partial charge in [-0.3, -0.25) is 0 Å². The van der Waals surface area contributed by atoms with E-state index in [1.165, 1.54) is 7.98 Å². The third-order valence-electron chi connectivity index (χ3n) is 0. The Morgan fingerprint density at radius 2 is 0.875 bits per heavy atom. The molecule has 0 bridgehead atoms. The summed E-state index contributed by atoms with van der Waals surface area (Å²) in [5.74, 6) is 0. The standard InChI is InChI=1S/5CH4.S2.V/c;;;;;1-2;/h5*1H4;;. The topological polar surface area (TPSA) is 0 Å². The molecule has 0 N–H and O–H groups in total. The fourth-order valence-corrected chi connectivity index (χ4v) is 0. The number of hydrogen-bond acceptors (Lipinski definition) is 1. The molecule has 0 radical (unpaired) electrons. The summed E-state index contributed by atoms with van der Waals surface area (Å²) in [5.41, 5.74) is 0. The first kappa shape index (κ1) is 63.5. The SMILES string of the molecule is C.C.C.C.C.S=[S]=[V]. The first-order valence-electron chi connectivity index (χ1n) is 0.349. The molecule has 0 spiro atoms. The van der Waals surface area contributed by atoms with E-state index in [0.717, 1.165) is 0 Å². The Morgan fingerprint density at radius 3 is 0.875 bits per heavy atom. The van der Waals surface area contributed by atoms with Crippen molar-refractivity contribution in [1.29, 1.82) is 0 Å². The van der Waals surface area contributed by atoms with E-state index in [1.54, 1.807) is 0 Å². The second-order valence-electron chi connectivity index (χ2n) is 0.0745. The van der Waals surface area contributed by atoms with Gasteiger partial charge in [-0.15, -0.1) is 0 Å². The zero-order valence-corrected chi connectivity index (χ0v) is 4.29. The first-order valence-corrected chi connectivity index (χ1v) is 3.76. The van der Waals surface area contributed by atoms with Gasteiger partial charge in [0.1, 0.15) is 0 Å². The Morgan fingerprint density at radius 1 is 0.875 bits per heavy atom. The zero-order valence-electron chi connectivity index (χ0n) is 1.26. The maximum absolute atomic E-state index is 4.28. The summed E-state index contributed by atoms with van der Waals surface area (Å²) in [5, 5.41) is 0. The molecule has 0 aliphatic rings. The van der Waals surface area contributed by atoms with Gasteiger partial charge in [-0.25, -0.2) is 0 Å². The van der Waals surface area contributed by atoms with Crippen LogP contribution in [-0.4, -0.2) is 0 Å². The van der Waals surface area contributed by atoms with Crippen molar-refractivity contribution in [3.05, 3.63) is 0 Å². The minimum atomic E-state index is 0. The molecule has 0 atom stereocenters. The quantitative estimate of drug-likeness (QED) is 0.572. The Balaban J connectivity index is -0.00000000200. The fourth-order valence-electron chi connectivity index (χ4n) is 0. The van der Waals surface area contributed by atoms with Crippen LogP contribution < -0.4 is 0 Å². The molecular weight excluding hydrogens is 175 g/mol. The molecule has 0 aromatic heterocycles. The Labute approximate surface area is 72.0 Å². The van der Waals surface area contributed by atoms with Crippen LogP contribution in [0.5, 0.6) is 0 Å². The molecular formula is C5H20S2V. The molecule has 0 unspecified atom stereocenters. The van der Waals surface area contributed by atoms with Crippen LogP contribution in [-0.2, 0) is 34.9 Å². The summed E-state index contributed by atoms with van der Waals surface area (Å²) in [6.07, 6.45) is 0. The van der Waals surface area contributed by atoms with Crippen molar-refractivity contribution in [1.82, 2.24) is 0 Å². The molecule has 0 aliphatic heterocycles. The molecule has 57 valence electrons. The van der Waals surface area contributed by atoms with Crippen molar-refractivity contribution in [2.75, 3.05) is 0 Å². The van der Waals surface area contributed by atoms with Crippen molar-refractivity contribution >= 4 is 19.2 Å². The van der Waals surface area contributed by atoms with E-state index in [1.807, 2.05) is 0 Å². The van der Waals surface area contributed by atoms with Crippen LogP contribution in [0.3, 0.4) is 0 Å². The van der Waals surface area contributed by atoms with Gasteiger partial charge in [0.25, 0.3) is 0 Å². The van der Waals surface area contributed by atoms with Crippen molar-refractivity contribution in [2.45, 2.75) is 37.1 Å². The van der Waals surface area contributed by atoms with Crippen LogP contribution in [0, 0.1) is 0 Å². The summed E-state index contributed by atoms with van der Waals surface area (Å²) in [4.78, 5) is 0. The van der Waals surface area contributed by atoms with Crippen LogP contribution in [0.1, 0.15) is 37.1 Å². The Kier molecular flexibility index (Phi) is 767. The summed E-state index contributed by atoms with van der Waals surface area (Å²) in [6, 6.07) is 0. The fraction of sp³-hybridized carbons (Fsp3) is 1.00. The van der Waals surface area contributed by atoms with Gasteiger partial charge < -0.3 is 0 Å². The normalized spacial score (nSPS) is 1.38. The van der Waals surface area contributed by atoms with E-state index in [2.05, 4.69) is 26.9 Å². The van der Waals surface area contributed by atoms with Crippen molar-refractivity contribution in [3.8, 4) is 0 Å². The van der Waals surface area contributed by atoms with Gasteiger partial charge in [-0.2, -0.15) is 0 Å². The van der Waals surface area contributed by atoms with E-state index < -0.39 is 0 Å². The van der Waals surface area contributed by atoms with E-state index in [9.17, 15) is 0 Å². The molecule has 3 heteroatoms. The molecule has 0 aromatic carbocycles. The van der Waals surface area contributed by atoms with Gasteiger partial charge in [0.15, 0.2) is 0 Å². The molecule has 0 heterocycles. The number of rotatable bonds is 0. The third-order valence-corrected chi connectivity index (χ3v) is 0. The van der Waals surface area contributed by atoms with Crippen molar-refractivity contribution in [3.63, 3.8) is 0 Å². The summed E-state index contributed by atoms with van der Waals surface area (Å²) in [7, 11) is 1.27. The van der Waals surface area contributed by atoms with Crippen molar-refractivity contribution < 1.29 is 15.7 Å². The van der Waals surface area contributed by atoms with E-state index in [4.69, 9.17) is 0 Å². The van der Waals surface area contributed by atoms with Crippen LogP contribution in [0.2, 0.25) is 0 Å². The molecule has 0 saturated carbocycles. The minimum absolute atomic E-state index is 0. The Bertz CT molecular complexity index is 31.4. The summed E-state index contributed by atoms with van der Waals surface area (Å²) < 4.78 is 0. The van der Waals surface area contributed by atoms with Crippen LogP contribution >= 0.6 is 0 Å². The third kappa shape index (κ3) is 243. The van der Waals surface area contributed by atoms with Gasteiger partial charge in [0.05, 0.1) is 0 Å². The van der Waals surface area contributed by atoms with Gasteiger partial charge in [-0.05, 0) is 0 Å². The second kappa shape index (κ2) is 96.6. The predicted octanol–water partition coefficient (Wildman–Crippen LogP) is 3.17. The number of hydrogen-bond donors (Lipinski definition) is 0. The maximum atomic E-state index is 4.28. The zero-order chi connectivity index (χ0) is 2.71. The predicted molar refractivity (Wildman–Crippen MR) is 48.4 cm³/mol.